The highest BCUT2D eigenvalue weighted by atomic mass is 31.1. The smallest absolute Gasteiger partial charge is 0.134 e. The predicted octanol–water partition coefficient (Wildman–Crippen LogP) is 10.8. The molecule has 0 aliphatic carbocycles. The quantitative estimate of drug-likeness (QED) is 0.208. The van der Waals surface area contributed by atoms with Crippen LogP contribution in [0.25, 0.3) is 22.3 Å². The number of carbonyl (C=O) groups is 1. The van der Waals surface area contributed by atoms with Crippen LogP contribution in [0.3, 0.4) is 0 Å². The van der Waals surface area contributed by atoms with Gasteiger partial charge in [0.2, 0.25) is 0 Å². The maximum atomic E-state index is 12.4. The molecule has 0 spiro atoms. The lowest BCUT2D eigenvalue weighted by molar-refractivity contribution is -0.120. The zero-order chi connectivity index (χ0) is 32.5. The van der Waals surface area contributed by atoms with Crippen LogP contribution in [0.15, 0.2) is 97.1 Å². The van der Waals surface area contributed by atoms with E-state index in [0.29, 0.717) is 18.6 Å². The molecule has 0 saturated carbocycles. The van der Waals surface area contributed by atoms with Crippen LogP contribution in [-0.4, -0.2) is 16.1 Å². The van der Waals surface area contributed by atoms with Crippen molar-refractivity contribution >= 4 is 33.6 Å². The molecular formula is C41H52OP2. The second-order valence-electron chi connectivity index (χ2n) is 15.6. The number of benzene rings is 4. The summed E-state index contributed by atoms with van der Waals surface area (Å²) < 4.78 is 0. The van der Waals surface area contributed by atoms with Gasteiger partial charge >= 0.3 is 0 Å². The Kier molecular flexibility index (Phi) is 10.2. The van der Waals surface area contributed by atoms with Crippen molar-refractivity contribution in [1.82, 2.24) is 0 Å². The summed E-state index contributed by atoms with van der Waals surface area (Å²) in [6.45, 7) is 22.6. The molecule has 1 heterocycles. The number of rotatable bonds is 3. The van der Waals surface area contributed by atoms with Crippen molar-refractivity contribution in [2.45, 2.75) is 103 Å². The molecule has 1 unspecified atom stereocenters. The van der Waals surface area contributed by atoms with Gasteiger partial charge in [0, 0.05) is 12.8 Å². The Bertz CT molecular complexity index is 1560. The molecule has 3 heteroatoms. The first-order valence-electron chi connectivity index (χ1n) is 15.9. The van der Waals surface area contributed by atoms with Gasteiger partial charge in [0.1, 0.15) is 5.78 Å². The Labute approximate surface area is 271 Å². The molecule has 1 nitrogen and oxygen atoms in total. The largest absolute Gasteiger partial charge is 0.300 e. The lowest BCUT2D eigenvalue weighted by Gasteiger charge is -2.49. The molecule has 1 aliphatic rings. The van der Waals surface area contributed by atoms with Crippen LogP contribution in [0.2, 0.25) is 0 Å². The van der Waals surface area contributed by atoms with Gasteiger partial charge in [-0.15, -0.1) is 9.24 Å². The fourth-order valence-electron chi connectivity index (χ4n) is 6.63. The van der Waals surface area contributed by atoms with E-state index >= 15 is 0 Å². The lowest BCUT2D eigenvalue weighted by atomic mass is 9.86. The first-order valence-corrected chi connectivity index (χ1v) is 17.8. The van der Waals surface area contributed by atoms with Crippen LogP contribution in [0.5, 0.6) is 0 Å². The van der Waals surface area contributed by atoms with Gasteiger partial charge in [0.15, 0.2) is 0 Å². The fourth-order valence-corrected chi connectivity index (χ4v) is 11.3. The normalized spacial score (nSPS) is 16.7. The third kappa shape index (κ3) is 7.97. The molecule has 5 rings (SSSR count). The molecule has 0 bridgehead atoms. The molecule has 232 valence electrons. The molecule has 0 N–H and O–H groups in total. The first-order chi connectivity index (χ1) is 20.4. The maximum absolute atomic E-state index is 12.4. The molecule has 0 amide bonds. The third-order valence-corrected chi connectivity index (χ3v) is 12.8. The average molecular weight is 623 g/mol. The molecule has 0 aromatic heterocycles. The first kappa shape index (κ1) is 34.3. The number of hydrogen-bond acceptors (Lipinski definition) is 1. The van der Waals surface area contributed by atoms with Gasteiger partial charge in [-0.2, -0.15) is 0 Å². The highest BCUT2D eigenvalue weighted by Gasteiger charge is 2.48. The minimum Gasteiger partial charge on any atom is -0.300 e. The lowest BCUT2D eigenvalue weighted by Crippen LogP contribution is -2.43. The summed E-state index contributed by atoms with van der Waals surface area (Å²) >= 11 is 0. The van der Waals surface area contributed by atoms with Gasteiger partial charge in [-0.25, -0.2) is 0 Å². The second kappa shape index (κ2) is 13.0. The summed E-state index contributed by atoms with van der Waals surface area (Å²) in [6, 6.07) is 35.2. The van der Waals surface area contributed by atoms with Crippen LogP contribution in [0.4, 0.5) is 0 Å². The van der Waals surface area contributed by atoms with Gasteiger partial charge in [-0.05, 0) is 65.1 Å². The molecule has 4 aromatic rings. The van der Waals surface area contributed by atoms with Crippen LogP contribution < -0.4 is 10.6 Å². The van der Waals surface area contributed by atoms with Gasteiger partial charge in [0.05, 0.1) is 0 Å². The molecule has 1 saturated heterocycles. The Hall–Kier alpha value is -2.59. The average Bonchev–Trinajstić information content (AvgIpc) is 2.92. The fraction of sp³-hybridized carbons (Fsp3) is 0.390. The highest BCUT2D eigenvalue weighted by molar-refractivity contribution is 7.69. The summed E-state index contributed by atoms with van der Waals surface area (Å²) in [4.78, 5) is 12.4. The van der Waals surface area contributed by atoms with Gasteiger partial charge in [-0.3, -0.25) is 4.79 Å². The molecular weight excluding hydrogens is 570 g/mol. The van der Waals surface area contributed by atoms with Crippen molar-refractivity contribution < 1.29 is 4.79 Å². The van der Waals surface area contributed by atoms with E-state index in [1.807, 2.05) is 0 Å². The molecule has 4 aromatic carbocycles. The molecule has 1 aliphatic heterocycles. The van der Waals surface area contributed by atoms with Crippen LogP contribution in [-0.2, 0) is 15.6 Å². The molecule has 44 heavy (non-hydrogen) atoms. The van der Waals surface area contributed by atoms with E-state index in [1.165, 1.54) is 44.0 Å². The van der Waals surface area contributed by atoms with E-state index in [9.17, 15) is 4.79 Å². The van der Waals surface area contributed by atoms with Gasteiger partial charge in [0.25, 0.3) is 0 Å². The van der Waals surface area contributed by atoms with E-state index in [2.05, 4.69) is 176 Å². The molecule has 1 atom stereocenters. The summed E-state index contributed by atoms with van der Waals surface area (Å²) in [5.74, 6) is 0.413. The Morgan fingerprint density at radius 2 is 0.955 bits per heavy atom. The van der Waals surface area contributed by atoms with E-state index < -0.39 is 7.92 Å². The second-order valence-corrected chi connectivity index (χ2v) is 19.8. The van der Waals surface area contributed by atoms with Crippen LogP contribution in [0.1, 0.15) is 93.2 Å². The van der Waals surface area contributed by atoms with Crippen LogP contribution >= 0.6 is 17.2 Å². The van der Waals surface area contributed by atoms with Gasteiger partial charge in [-0.1, -0.05) is 174 Å². The number of Topliss-reactive ketones (excluding diaryl/α,β-unsaturated/α-hetero) is 1. The third-order valence-electron chi connectivity index (χ3n) is 8.70. The van der Waals surface area contributed by atoms with E-state index in [-0.39, 0.29) is 21.1 Å². The standard InChI is InChI=1S/C25H33OP.C16H19P/c1-23(2,3)19-14-12-18(13-15-19)21-10-8-9-11-22(21)27-24(4,5)16-20(26)17-25(27,6)7;1-16(2,3)13-10-8-12(9-11-13)14-6-4-5-7-15(14)17/h8-15H,16-17H2,1-7H3;4-11H,17H2,1-3H3. The van der Waals surface area contributed by atoms with Crippen molar-refractivity contribution in [3.63, 3.8) is 0 Å². The van der Waals surface area contributed by atoms with Crippen molar-refractivity contribution in [3.05, 3.63) is 108 Å². The summed E-state index contributed by atoms with van der Waals surface area (Å²) in [7, 11) is 2.32. The minimum atomic E-state index is -0.475. The zero-order valence-electron chi connectivity index (χ0n) is 28.6. The number of ketones is 1. The Morgan fingerprint density at radius 1 is 0.568 bits per heavy atom. The van der Waals surface area contributed by atoms with Crippen molar-refractivity contribution in [1.29, 1.82) is 0 Å². The maximum Gasteiger partial charge on any atom is 0.134 e. The zero-order valence-corrected chi connectivity index (χ0v) is 30.6. The Balaban J connectivity index is 0.000000223. The van der Waals surface area contributed by atoms with Crippen molar-refractivity contribution in [3.8, 4) is 22.3 Å². The van der Waals surface area contributed by atoms with Crippen molar-refractivity contribution in [2.75, 3.05) is 0 Å². The Morgan fingerprint density at radius 3 is 1.39 bits per heavy atom. The summed E-state index contributed by atoms with van der Waals surface area (Å²) in [6.07, 6.45) is 1.39. The van der Waals surface area contributed by atoms with E-state index in [4.69, 9.17) is 0 Å². The molecule has 0 radical (unpaired) electrons. The monoisotopic (exact) mass is 622 g/mol. The van der Waals surface area contributed by atoms with Gasteiger partial charge < -0.3 is 0 Å². The van der Waals surface area contributed by atoms with E-state index in [0.717, 1.165) is 0 Å². The summed E-state index contributed by atoms with van der Waals surface area (Å²) in [5.41, 5.74) is 8.31. The summed E-state index contributed by atoms with van der Waals surface area (Å²) in [5, 5.41) is 2.74. The topological polar surface area (TPSA) is 17.1 Å². The number of hydrogen-bond donors (Lipinski definition) is 0. The molecule has 1 fully saturated rings. The SMILES string of the molecule is CC(C)(C)c1ccc(-c2ccccc2P)cc1.CC(C)(C)c1ccc(-c2ccccc2P2C(C)(C)CC(=O)CC2(C)C)cc1. The number of carbonyl (C=O) groups excluding carboxylic acids is 1. The predicted molar refractivity (Wildman–Crippen MR) is 199 cm³/mol. The van der Waals surface area contributed by atoms with Crippen molar-refractivity contribution in [2.24, 2.45) is 0 Å². The minimum absolute atomic E-state index is 0.0234. The highest BCUT2D eigenvalue weighted by Crippen LogP contribution is 2.65. The van der Waals surface area contributed by atoms with Crippen LogP contribution in [0, 0.1) is 0 Å². The van der Waals surface area contributed by atoms with E-state index in [1.54, 1.807) is 0 Å².